The minimum absolute atomic E-state index is 0.154. The number of nitrogens with two attached hydrogens (primary N) is 1. The van der Waals surface area contributed by atoms with Crippen LogP contribution in [-0.2, 0) is 13.5 Å². The second-order valence-electron chi connectivity index (χ2n) is 5.17. The van der Waals surface area contributed by atoms with Crippen molar-refractivity contribution in [3.63, 3.8) is 0 Å². The molecule has 2 N–H and O–H groups in total. The summed E-state index contributed by atoms with van der Waals surface area (Å²) in [6.07, 6.45) is 2.45. The molecule has 3 rings (SSSR count). The highest BCUT2D eigenvalue weighted by Crippen LogP contribution is 2.27. The number of rotatable bonds is 4. The zero-order chi connectivity index (χ0) is 14.8. The lowest BCUT2D eigenvalue weighted by atomic mass is 9.97. The van der Waals surface area contributed by atoms with Crippen molar-refractivity contribution < 1.29 is 4.74 Å². The summed E-state index contributed by atoms with van der Waals surface area (Å²) in [5.41, 5.74) is 8.56. The van der Waals surface area contributed by atoms with Crippen LogP contribution in [0.1, 0.15) is 17.3 Å². The van der Waals surface area contributed by atoms with Gasteiger partial charge in [-0.1, -0.05) is 42.5 Å². The highest BCUT2D eigenvalue weighted by molar-refractivity contribution is 5.85. The third kappa shape index (κ3) is 2.50. The maximum absolute atomic E-state index is 6.40. The minimum Gasteiger partial charge on any atom is -0.493 e. The van der Waals surface area contributed by atoms with Crippen molar-refractivity contribution in [2.45, 2.75) is 12.5 Å². The molecular formula is C17H19N3O. The molecule has 1 atom stereocenters. The number of ether oxygens (including phenoxy) is 1. The molecule has 1 heterocycles. The molecule has 3 aromatic rings. The summed E-state index contributed by atoms with van der Waals surface area (Å²) in [4.78, 5) is 0. The molecule has 1 unspecified atom stereocenters. The summed E-state index contributed by atoms with van der Waals surface area (Å²) >= 11 is 0. The fourth-order valence-corrected chi connectivity index (χ4v) is 2.81. The largest absolute Gasteiger partial charge is 0.493 e. The Morgan fingerprint density at radius 3 is 2.76 bits per heavy atom. The number of benzene rings is 2. The number of hydrogen-bond donors (Lipinski definition) is 1. The van der Waals surface area contributed by atoms with Crippen molar-refractivity contribution in [2.24, 2.45) is 12.8 Å². The van der Waals surface area contributed by atoms with E-state index in [0.717, 1.165) is 17.9 Å². The molecule has 0 spiro atoms. The van der Waals surface area contributed by atoms with Gasteiger partial charge in [-0.3, -0.25) is 4.68 Å². The van der Waals surface area contributed by atoms with Crippen LogP contribution in [0.2, 0.25) is 0 Å². The third-order valence-corrected chi connectivity index (χ3v) is 3.84. The van der Waals surface area contributed by atoms with E-state index in [0.29, 0.717) is 0 Å². The average molecular weight is 281 g/mol. The van der Waals surface area contributed by atoms with E-state index in [1.807, 2.05) is 7.05 Å². The van der Waals surface area contributed by atoms with Gasteiger partial charge in [0.15, 0.2) is 5.75 Å². The number of fused-ring (bicyclic) bond motifs is 1. The summed E-state index contributed by atoms with van der Waals surface area (Å²) in [5, 5.41) is 6.71. The van der Waals surface area contributed by atoms with Crippen LogP contribution in [0.5, 0.6) is 5.75 Å². The maximum atomic E-state index is 6.40. The predicted molar refractivity (Wildman–Crippen MR) is 84.3 cm³/mol. The first-order valence-corrected chi connectivity index (χ1v) is 6.99. The number of methoxy groups -OCH3 is 1. The SMILES string of the molecule is COc1cnn(C)c1C(N)Cc1cccc2ccccc12. The van der Waals surface area contributed by atoms with Crippen LogP contribution in [-0.4, -0.2) is 16.9 Å². The fourth-order valence-electron chi connectivity index (χ4n) is 2.81. The monoisotopic (exact) mass is 281 g/mol. The Hall–Kier alpha value is -2.33. The molecule has 4 nitrogen and oxygen atoms in total. The van der Waals surface area contributed by atoms with E-state index < -0.39 is 0 Å². The van der Waals surface area contributed by atoms with Crippen molar-refractivity contribution in [1.29, 1.82) is 0 Å². The van der Waals surface area contributed by atoms with E-state index >= 15 is 0 Å². The normalized spacial score (nSPS) is 12.5. The average Bonchev–Trinajstić information content (AvgIpc) is 2.88. The van der Waals surface area contributed by atoms with Crippen molar-refractivity contribution in [3.05, 3.63) is 59.9 Å². The zero-order valence-electron chi connectivity index (χ0n) is 12.3. The standard InChI is InChI=1S/C17H19N3O/c1-20-17(16(21-2)11-19-20)15(18)10-13-8-5-7-12-6-3-4-9-14(12)13/h3-9,11,15H,10,18H2,1-2H3. The summed E-state index contributed by atoms with van der Waals surface area (Å²) in [5.74, 6) is 0.741. The zero-order valence-corrected chi connectivity index (χ0v) is 12.3. The Morgan fingerprint density at radius 2 is 1.95 bits per heavy atom. The molecule has 0 aliphatic rings. The number of hydrogen-bond acceptors (Lipinski definition) is 3. The van der Waals surface area contributed by atoms with Gasteiger partial charge in [-0.05, 0) is 22.8 Å². The van der Waals surface area contributed by atoms with E-state index in [1.165, 1.54) is 16.3 Å². The second-order valence-corrected chi connectivity index (χ2v) is 5.17. The van der Waals surface area contributed by atoms with Crippen LogP contribution in [0.25, 0.3) is 10.8 Å². The first-order chi connectivity index (χ1) is 10.2. The van der Waals surface area contributed by atoms with E-state index in [2.05, 4.69) is 47.6 Å². The van der Waals surface area contributed by atoms with Gasteiger partial charge in [-0.15, -0.1) is 0 Å². The Balaban J connectivity index is 1.96. The highest BCUT2D eigenvalue weighted by Gasteiger charge is 2.18. The molecule has 0 saturated carbocycles. The van der Waals surface area contributed by atoms with Crippen LogP contribution >= 0.6 is 0 Å². The molecule has 0 fully saturated rings. The molecule has 0 radical (unpaired) electrons. The molecule has 4 heteroatoms. The number of nitrogens with zero attached hydrogens (tertiary/aromatic N) is 2. The lowest BCUT2D eigenvalue weighted by molar-refractivity contribution is 0.403. The molecule has 21 heavy (non-hydrogen) atoms. The van der Waals surface area contributed by atoms with Gasteiger partial charge >= 0.3 is 0 Å². The van der Waals surface area contributed by atoms with E-state index in [4.69, 9.17) is 10.5 Å². The van der Waals surface area contributed by atoms with Gasteiger partial charge in [-0.25, -0.2) is 0 Å². The molecule has 108 valence electrons. The lowest BCUT2D eigenvalue weighted by Gasteiger charge is -2.15. The smallest absolute Gasteiger partial charge is 0.161 e. The predicted octanol–water partition coefficient (Wildman–Crippen LogP) is 2.82. The highest BCUT2D eigenvalue weighted by atomic mass is 16.5. The van der Waals surface area contributed by atoms with E-state index in [9.17, 15) is 0 Å². The van der Waals surface area contributed by atoms with Crippen molar-refractivity contribution >= 4 is 10.8 Å². The summed E-state index contributed by atoms with van der Waals surface area (Å²) in [6, 6.07) is 14.5. The van der Waals surface area contributed by atoms with Gasteiger partial charge in [0.25, 0.3) is 0 Å². The number of aromatic nitrogens is 2. The molecule has 2 aromatic carbocycles. The molecular weight excluding hydrogens is 262 g/mol. The molecule has 0 amide bonds. The molecule has 0 aliphatic carbocycles. The number of aryl methyl sites for hydroxylation is 1. The minimum atomic E-state index is -0.154. The van der Waals surface area contributed by atoms with Gasteiger partial charge in [0.2, 0.25) is 0 Å². The summed E-state index contributed by atoms with van der Waals surface area (Å²) in [6.45, 7) is 0. The summed E-state index contributed by atoms with van der Waals surface area (Å²) in [7, 11) is 3.53. The van der Waals surface area contributed by atoms with Crippen LogP contribution in [0.15, 0.2) is 48.7 Å². The Bertz CT molecular complexity index is 758. The van der Waals surface area contributed by atoms with Gasteiger partial charge in [-0.2, -0.15) is 5.10 Å². The Kier molecular flexibility index (Phi) is 3.62. The van der Waals surface area contributed by atoms with Gasteiger partial charge in [0, 0.05) is 7.05 Å². The maximum Gasteiger partial charge on any atom is 0.161 e. The second kappa shape index (κ2) is 5.58. The molecule has 0 aliphatic heterocycles. The molecule has 1 aromatic heterocycles. The lowest BCUT2D eigenvalue weighted by Crippen LogP contribution is -2.18. The first kappa shape index (κ1) is 13.6. The van der Waals surface area contributed by atoms with Gasteiger partial charge in [0.05, 0.1) is 25.0 Å². The van der Waals surface area contributed by atoms with E-state index in [1.54, 1.807) is 18.0 Å². The molecule has 0 saturated heterocycles. The van der Waals surface area contributed by atoms with E-state index in [-0.39, 0.29) is 6.04 Å². The van der Waals surface area contributed by atoms with Crippen molar-refractivity contribution in [3.8, 4) is 5.75 Å². The fraction of sp³-hybridized carbons (Fsp3) is 0.235. The Morgan fingerprint density at radius 1 is 1.19 bits per heavy atom. The topological polar surface area (TPSA) is 53.1 Å². The van der Waals surface area contributed by atoms with Crippen molar-refractivity contribution in [2.75, 3.05) is 7.11 Å². The Labute approximate surface area is 124 Å². The quantitative estimate of drug-likeness (QED) is 0.800. The van der Waals surface area contributed by atoms with Gasteiger partial charge < -0.3 is 10.5 Å². The first-order valence-electron chi connectivity index (χ1n) is 6.99. The van der Waals surface area contributed by atoms with Crippen LogP contribution in [0, 0.1) is 0 Å². The van der Waals surface area contributed by atoms with Crippen LogP contribution in [0.4, 0.5) is 0 Å². The summed E-state index contributed by atoms with van der Waals surface area (Å²) < 4.78 is 7.14. The third-order valence-electron chi connectivity index (χ3n) is 3.84. The molecule has 0 bridgehead atoms. The van der Waals surface area contributed by atoms with Crippen LogP contribution in [0.3, 0.4) is 0 Å². The van der Waals surface area contributed by atoms with Crippen LogP contribution < -0.4 is 10.5 Å². The van der Waals surface area contributed by atoms with Gasteiger partial charge in [0.1, 0.15) is 0 Å². The van der Waals surface area contributed by atoms with Crippen molar-refractivity contribution in [1.82, 2.24) is 9.78 Å².